The number of nitrogens with one attached hydrogen (secondary N) is 2. The van der Waals surface area contributed by atoms with Crippen molar-refractivity contribution in [2.45, 2.75) is 13.1 Å². The fourth-order valence-electron chi connectivity index (χ4n) is 2.84. The van der Waals surface area contributed by atoms with Gasteiger partial charge in [-0.2, -0.15) is 0 Å². The van der Waals surface area contributed by atoms with Crippen LogP contribution in [-0.4, -0.2) is 35.3 Å². The summed E-state index contributed by atoms with van der Waals surface area (Å²) in [7, 11) is 5.37. The highest BCUT2D eigenvalue weighted by molar-refractivity contribution is 6.55. The lowest BCUT2D eigenvalue weighted by molar-refractivity contribution is -0.872. The molecule has 3 aromatic carbocycles. The first-order valence-corrected chi connectivity index (χ1v) is 10.4. The lowest BCUT2D eigenvalue weighted by atomic mass is 9.79. The van der Waals surface area contributed by atoms with Crippen molar-refractivity contribution < 1.29 is 41.8 Å². The molecule has 0 saturated carbocycles. The summed E-state index contributed by atoms with van der Waals surface area (Å²) in [5, 5.41) is 20.2. The van der Waals surface area contributed by atoms with E-state index < -0.39 is 41.7 Å². The Morgan fingerprint density at radius 2 is 0.853 bits per heavy atom. The smallest absolute Gasteiger partial charge is 0.200 e. The van der Waals surface area contributed by atoms with Gasteiger partial charge >= 0.3 is 0 Å². The Kier molecular flexibility index (Phi) is 12.4. The third-order valence-electron chi connectivity index (χ3n) is 4.28. The molecule has 3 aromatic rings. The average Bonchev–Trinajstić information content (AvgIpc) is 2.78. The molecule has 0 aliphatic rings. The highest BCUT2D eigenvalue weighted by Crippen LogP contribution is 2.15. The first-order chi connectivity index (χ1) is 16.0. The van der Waals surface area contributed by atoms with E-state index in [4.69, 9.17) is 0 Å². The number of hydrogen-bond acceptors (Lipinski definition) is 2. The summed E-state index contributed by atoms with van der Waals surface area (Å²) in [6, 6.07) is 21.1. The maximum absolute atomic E-state index is 12.5. The molecule has 0 amide bonds. The van der Waals surface area contributed by atoms with Crippen LogP contribution in [0.3, 0.4) is 0 Å². The van der Waals surface area contributed by atoms with Gasteiger partial charge in [-0.3, -0.25) is 0 Å². The zero-order valence-corrected chi connectivity index (χ0v) is 19.5. The Morgan fingerprint density at radius 3 is 1.12 bits per heavy atom. The third-order valence-corrected chi connectivity index (χ3v) is 4.28. The van der Waals surface area contributed by atoms with Crippen molar-refractivity contribution in [1.82, 2.24) is 0 Å². The molecule has 10 heteroatoms. The molecule has 2 N–H and O–H groups in total. The van der Waals surface area contributed by atoms with Gasteiger partial charge in [0.1, 0.15) is 13.1 Å². The van der Waals surface area contributed by atoms with Crippen LogP contribution < -0.4 is 25.3 Å². The number of hydrogen-bond donors (Lipinski definition) is 2. The van der Waals surface area contributed by atoms with Crippen LogP contribution in [0.2, 0.25) is 0 Å². The molecule has 0 aliphatic heterocycles. The fourth-order valence-corrected chi connectivity index (χ4v) is 2.84. The monoisotopic (exact) mass is 482 g/mol. The molecule has 0 fully saturated rings. The Bertz CT molecular complexity index is 933. The van der Waals surface area contributed by atoms with Gasteiger partial charge in [0.25, 0.3) is 0 Å². The van der Waals surface area contributed by atoms with Crippen LogP contribution in [0.1, 0.15) is 11.1 Å². The first kappa shape index (κ1) is 29.2. The van der Waals surface area contributed by atoms with Crippen molar-refractivity contribution in [3.8, 4) is 0 Å². The second-order valence-electron chi connectivity index (χ2n) is 8.05. The lowest BCUT2D eigenvalue weighted by Gasteiger charge is -2.27. The van der Waals surface area contributed by atoms with Gasteiger partial charge in [-0.25, -0.2) is 22.0 Å². The minimum atomic E-state index is -3.26. The van der Waals surface area contributed by atoms with E-state index in [0.29, 0.717) is 0 Å². The maximum atomic E-state index is 12.5. The molecule has 0 spiro atoms. The number of halogens is 5. The standard InChI is InChI=1S/2C9H13N.C6BF5O2/c2*1-10(2)8-9-6-4-3-5-7-9;8-2-1(7(13)14)3(9)5(11)6(12)4(2)10/h2*3-7H,8H2,1-2H3;/q;;-2/p+2. The normalized spacial score (nSPS) is 10.4. The molecule has 0 saturated heterocycles. The Labute approximate surface area is 197 Å². The molecular weight excluding hydrogens is 454 g/mol. The predicted octanol–water partition coefficient (Wildman–Crippen LogP) is -0.540. The van der Waals surface area contributed by atoms with Gasteiger partial charge in [0.2, 0.25) is 0 Å². The van der Waals surface area contributed by atoms with Gasteiger partial charge in [-0.15, -0.1) is 0 Å². The summed E-state index contributed by atoms with van der Waals surface area (Å²) in [6.07, 6.45) is 0. The number of quaternary nitrogens is 2. The van der Waals surface area contributed by atoms with Crippen molar-refractivity contribution in [2.24, 2.45) is 0 Å². The second-order valence-corrected chi connectivity index (χ2v) is 8.05. The zero-order chi connectivity index (χ0) is 25.8. The van der Waals surface area contributed by atoms with Crippen molar-refractivity contribution >= 4 is 12.6 Å². The highest BCUT2D eigenvalue weighted by atomic mass is 19.2. The number of rotatable bonds is 5. The molecule has 0 aromatic heterocycles. The minimum absolute atomic E-state index is 1.11. The van der Waals surface area contributed by atoms with E-state index in [2.05, 4.69) is 88.9 Å². The summed E-state index contributed by atoms with van der Waals surface area (Å²) in [4.78, 5) is 2.93. The second kappa shape index (κ2) is 14.5. The largest absolute Gasteiger partial charge is 0.889 e. The minimum Gasteiger partial charge on any atom is -0.889 e. The van der Waals surface area contributed by atoms with E-state index in [9.17, 15) is 32.0 Å². The molecule has 0 bridgehead atoms. The first-order valence-electron chi connectivity index (χ1n) is 10.4. The summed E-state index contributed by atoms with van der Waals surface area (Å²) in [6.45, 7) is 2.22. The van der Waals surface area contributed by atoms with Crippen molar-refractivity contribution in [2.75, 3.05) is 28.2 Å². The van der Waals surface area contributed by atoms with E-state index in [0.717, 1.165) is 13.1 Å². The van der Waals surface area contributed by atoms with Crippen molar-refractivity contribution in [3.63, 3.8) is 0 Å². The SMILES string of the molecule is C[NH+](C)Cc1ccccc1.C[NH+](C)Cc1ccccc1.[O-]B([O-])c1c(F)c(F)c(F)c(F)c1F. The van der Waals surface area contributed by atoms with E-state index in [1.807, 2.05) is 0 Å². The Balaban J connectivity index is 0.000000261. The van der Waals surface area contributed by atoms with Crippen LogP contribution in [0.4, 0.5) is 22.0 Å². The molecule has 0 atom stereocenters. The van der Waals surface area contributed by atoms with Crippen LogP contribution in [0.5, 0.6) is 0 Å². The van der Waals surface area contributed by atoms with Crippen LogP contribution in [0, 0.1) is 29.1 Å². The van der Waals surface area contributed by atoms with Gasteiger partial charge in [0.15, 0.2) is 29.1 Å². The molecule has 0 heterocycles. The maximum Gasteiger partial charge on any atom is 0.200 e. The van der Waals surface area contributed by atoms with E-state index >= 15 is 0 Å². The Morgan fingerprint density at radius 1 is 0.559 bits per heavy atom. The molecule has 4 nitrogen and oxygen atoms in total. The van der Waals surface area contributed by atoms with E-state index in [1.54, 1.807) is 0 Å². The summed E-state index contributed by atoms with van der Waals surface area (Å²) < 4.78 is 62.0. The molecule has 0 aliphatic carbocycles. The quantitative estimate of drug-likeness (QED) is 0.222. The molecule has 0 radical (unpaired) electrons. The van der Waals surface area contributed by atoms with Gasteiger partial charge in [0, 0.05) is 11.1 Å². The van der Waals surface area contributed by atoms with Crippen LogP contribution in [0.25, 0.3) is 0 Å². The van der Waals surface area contributed by atoms with Crippen LogP contribution in [-0.2, 0) is 13.1 Å². The van der Waals surface area contributed by atoms with Crippen LogP contribution in [0.15, 0.2) is 60.7 Å². The molecule has 34 heavy (non-hydrogen) atoms. The Hall–Kier alpha value is -2.79. The predicted molar refractivity (Wildman–Crippen MR) is 118 cm³/mol. The molecular formula is C24H28BF5N2O2. The third kappa shape index (κ3) is 9.60. The zero-order valence-electron chi connectivity index (χ0n) is 19.5. The lowest BCUT2D eigenvalue weighted by Crippen LogP contribution is -3.04. The van der Waals surface area contributed by atoms with Gasteiger partial charge < -0.3 is 19.8 Å². The van der Waals surface area contributed by atoms with Gasteiger partial charge in [0.05, 0.1) is 28.2 Å². The summed E-state index contributed by atoms with van der Waals surface area (Å²) >= 11 is 0. The number of benzene rings is 3. The fraction of sp³-hybridized carbons (Fsp3) is 0.250. The van der Waals surface area contributed by atoms with Crippen molar-refractivity contribution in [1.29, 1.82) is 0 Å². The molecule has 184 valence electrons. The van der Waals surface area contributed by atoms with E-state index in [1.165, 1.54) is 20.9 Å². The highest BCUT2D eigenvalue weighted by Gasteiger charge is 2.23. The van der Waals surface area contributed by atoms with Gasteiger partial charge in [-0.05, 0) is 5.46 Å². The average molecular weight is 482 g/mol. The van der Waals surface area contributed by atoms with E-state index in [-0.39, 0.29) is 0 Å². The summed E-state index contributed by atoms with van der Waals surface area (Å²) in [5.41, 5.74) is 0.923. The molecule has 3 rings (SSSR count). The van der Waals surface area contributed by atoms with Crippen molar-refractivity contribution in [3.05, 3.63) is 101 Å². The topological polar surface area (TPSA) is 55.0 Å². The molecule has 0 unspecified atom stereocenters. The van der Waals surface area contributed by atoms with Gasteiger partial charge in [-0.1, -0.05) is 67.8 Å². The summed E-state index contributed by atoms with van der Waals surface area (Å²) in [5.74, 6) is -11.7. The van der Waals surface area contributed by atoms with Crippen LogP contribution >= 0.6 is 0 Å².